The molecule has 146 valence electrons. The zero-order valence-electron chi connectivity index (χ0n) is 15.0. The fourth-order valence-corrected chi connectivity index (χ4v) is 3.54. The van der Waals surface area contributed by atoms with Gasteiger partial charge in [-0.2, -0.15) is 0 Å². The van der Waals surface area contributed by atoms with E-state index in [-0.39, 0.29) is 28.7 Å². The van der Waals surface area contributed by atoms with Gasteiger partial charge in [-0.05, 0) is 12.1 Å². The third kappa shape index (κ3) is 4.14. The number of nitrogens with one attached hydrogen (secondary N) is 1. The van der Waals surface area contributed by atoms with Gasteiger partial charge in [0.25, 0.3) is 15.7 Å². The predicted molar refractivity (Wildman–Crippen MR) is 96.6 cm³/mol. The van der Waals surface area contributed by atoms with Crippen LogP contribution < -0.4 is 23.7 Å². The van der Waals surface area contributed by atoms with Crippen molar-refractivity contribution >= 4 is 21.4 Å². The van der Waals surface area contributed by atoms with Crippen LogP contribution in [0.4, 0.5) is 11.4 Å². The van der Waals surface area contributed by atoms with Gasteiger partial charge >= 0.3 is 0 Å². The molecule has 0 radical (unpaired) electrons. The van der Waals surface area contributed by atoms with Gasteiger partial charge in [0.05, 0.1) is 45.1 Å². The number of benzene rings is 2. The van der Waals surface area contributed by atoms with Crippen molar-refractivity contribution in [2.75, 3.05) is 33.2 Å². The normalized spacial score (nSPS) is 10.8. The highest BCUT2D eigenvalue weighted by Gasteiger charge is 2.27. The van der Waals surface area contributed by atoms with E-state index in [1.165, 1.54) is 46.6 Å². The van der Waals surface area contributed by atoms with E-state index in [4.69, 9.17) is 18.9 Å². The predicted octanol–water partition coefficient (Wildman–Crippen LogP) is 2.43. The van der Waals surface area contributed by atoms with Gasteiger partial charge < -0.3 is 18.9 Å². The summed E-state index contributed by atoms with van der Waals surface area (Å²) in [5, 5.41) is 11.3. The molecule has 2 rings (SSSR count). The van der Waals surface area contributed by atoms with Crippen molar-refractivity contribution < 1.29 is 32.3 Å². The molecule has 0 saturated carbocycles. The lowest BCUT2D eigenvalue weighted by molar-refractivity contribution is -0.387. The SMILES string of the molecule is COc1ccc(S(=O)(=O)Nc2cc(OC)c(OC)c(OC)c2)c([N+](=O)[O-])c1. The van der Waals surface area contributed by atoms with Crippen LogP contribution in [-0.4, -0.2) is 41.8 Å². The highest BCUT2D eigenvalue weighted by atomic mass is 32.2. The molecule has 0 heterocycles. The number of sulfonamides is 1. The van der Waals surface area contributed by atoms with Gasteiger partial charge in [0, 0.05) is 12.1 Å². The number of hydrogen-bond acceptors (Lipinski definition) is 8. The molecule has 0 saturated heterocycles. The molecule has 0 aromatic heterocycles. The molecule has 11 heteroatoms. The lowest BCUT2D eigenvalue weighted by Gasteiger charge is -2.15. The lowest BCUT2D eigenvalue weighted by Crippen LogP contribution is -2.15. The molecule has 2 aromatic rings. The summed E-state index contributed by atoms with van der Waals surface area (Å²) in [4.78, 5) is 9.96. The van der Waals surface area contributed by atoms with Gasteiger partial charge in [-0.25, -0.2) is 8.42 Å². The smallest absolute Gasteiger partial charge is 0.293 e. The minimum atomic E-state index is -4.28. The maximum Gasteiger partial charge on any atom is 0.293 e. The standard InChI is InChI=1S/C16H18N2O8S/c1-23-11-5-6-15(12(9-11)18(19)20)27(21,22)17-10-7-13(24-2)16(26-4)14(8-10)25-3/h5-9,17H,1-4H3. The van der Waals surface area contributed by atoms with Crippen molar-refractivity contribution in [1.82, 2.24) is 0 Å². The summed E-state index contributed by atoms with van der Waals surface area (Å²) in [5.41, 5.74) is -0.538. The van der Waals surface area contributed by atoms with E-state index in [0.717, 1.165) is 12.1 Å². The second-order valence-corrected chi connectivity index (χ2v) is 6.76. The molecular weight excluding hydrogens is 380 g/mol. The van der Waals surface area contributed by atoms with Crippen LogP contribution >= 0.6 is 0 Å². The number of methoxy groups -OCH3 is 4. The van der Waals surface area contributed by atoms with Crippen LogP contribution in [0, 0.1) is 10.1 Å². The number of nitro groups is 1. The fourth-order valence-electron chi connectivity index (χ4n) is 2.34. The Morgan fingerprint density at radius 1 is 0.926 bits per heavy atom. The summed E-state index contributed by atoms with van der Waals surface area (Å²) in [6, 6.07) is 6.18. The van der Waals surface area contributed by atoms with Crippen LogP contribution in [0.2, 0.25) is 0 Å². The molecule has 0 atom stereocenters. The Bertz CT molecular complexity index is 934. The van der Waals surface area contributed by atoms with Crippen LogP contribution in [0.3, 0.4) is 0 Å². The first-order chi connectivity index (χ1) is 12.8. The van der Waals surface area contributed by atoms with E-state index >= 15 is 0 Å². The van der Waals surface area contributed by atoms with Crippen molar-refractivity contribution in [2.45, 2.75) is 4.90 Å². The molecule has 0 amide bonds. The highest BCUT2D eigenvalue weighted by Crippen LogP contribution is 2.40. The second kappa shape index (κ2) is 7.99. The Balaban J connectivity index is 2.53. The van der Waals surface area contributed by atoms with Gasteiger partial charge in [0.1, 0.15) is 5.75 Å². The molecule has 2 aromatic carbocycles. The quantitative estimate of drug-likeness (QED) is 0.531. The summed E-state index contributed by atoms with van der Waals surface area (Å²) in [6.07, 6.45) is 0. The number of hydrogen-bond donors (Lipinski definition) is 1. The summed E-state index contributed by atoms with van der Waals surface area (Å²) in [7, 11) is 1.20. The molecule has 27 heavy (non-hydrogen) atoms. The minimum Gasteiger partial charge on any atom is -0.497 e. The summed E-state index contributed by atoms with van der Waals surface area (Å²) in [5.74, 6) is 0.879. The van der Waals surface area contributed by atoms with Gasteiger partial charge in [0.15, 0.2) is 16.4 Å². The molecule has 0 aliphatic heterocycles. The first-order valence-electron chi connectivity index (χ1n) is 7.42. The van der Waals surface area contributed by atoms with Gasteiger partial charge in [0.2, 0.25) is 5.75 Å². The third-order valence-electron chi connectivity index (χ3n) is 3.57. The van der Waals surface area contributed by atoms with E-state index in [1.807, 2.05) is 0 Å². The number of rotatable bonds is 8. The highest BCUT2D eigenvalue weighted by molar-refractivity contribution is 7.92. The average Bonchev–Trinajstić information content (AvgIpc) is 2.66. The monoisotopic (exact) mass is 398 g/mol. The summed E-state index contributed by atoms with van der Waals surface area (Å²) >= 11 is 0. The molecule has 1 N–H and O–H groups in total. The van der Waals surface area contributed by atoms with Gasteiger partial charge in [-0.1, -0.05) is 0 Å². The van der Waals surface area contributed by atoms with E-state index in [0.29, 0.717) is 0 Å². The molecule has 0 spiro atoms. The lowest BCUT2D eigenvalue weighted by atomic mass is 10.2. The Morgan fingerprint density at radius 3 is 1.96 bits per heavy atom. The molecule has 0 fully saturated rings. The van der Waals surface area contributed by atoms with E-state index in [9.17, 15) is 18.5 Å². The Labute approximate surface area is 155 Å². The Morgan fingerprint density at radius 2 is 1.52 bits per heavy atom. The first-order valence-corrected chi connectivity index (χ1v) is 8.91. The van der Waals surface area contributed by atoms with E-state index < -0.39 is 25.5 Å². The number of nitro benzene ring substituents is 1. The molecular formula is C16H18N2O8S. The third-order valence-corrected chi connectivity index (χ3v) is 5.00. The van der Waals surface area contributed by atoms with E-state index in [2.05, 4.69) is 4.72 Å². The summed E-state index contributed by atoms with van der Waals surface area (Å²) < 4.78 is 48.1. The van der Waals surface area contributed by atoms with E-state index in [1.54, 1.807) is 0 Å². The van der Waals surface area contributed by atoms with Gasteiger partial charge in [-0.3, -0.25) is 14.8 Å². The maximum atomic E-state index is 12.7. The van der Waals surface area contributed by atoms with Crippen LogP contribution in [0.1, 0.15) is 0 Å². The van der Waals surface area contributed by atoms with Gasteiger partial charge in [-0.15, -0.1) is 0 Å². The second-order valence-electron chi connectivity index (χ2n) is 5.11. The van der Waals surface area contributed by atoms with Crippen molar-refractivity contribution in [1.29, 1.82) is 0 Å². The summed E-state index contributed by atoms with van der Waals surface area (Å²) in [6.45, 7) is 0. The van der Waals surface area contributed by atoms with Crippen LogP contribution in [0.5, 0.6) is 23.0 Å². The average molecular weight is 398 g/mol. The maximum absolute atomic E-state index is 12.7. The Hall–Kier alpha value is -3.21. The molecule has 0 unspecified atom stereocenters. The zero-order valence-corrected chi connectivity index (χ0v) is 15.8. The molecule has 0 aliphatic rings. The topological polar surface area (TPSA) is 126 Å². The van der Waals surface area contributed by atoms with Crippen LogP contribution in [-0.2, 0) is 10.0 Å². The van der Waals surface area contributed by atoms with Crippen molar-refractivity contribution in [2.24, 2.45) is 0 Å². The van der Waals surface area contributed by atoms with Crippen molar-refractivity contribution in [3.8, 4) is 23.0 Å². The van der Waals surface area contributed by atoms with Crippen molar-refractivity contribution in [3.05, 3.63) is 40.4 Å². The minimum absolute atomic E-state index is 0.0783. The largest absolute Gasteiger partial charge is 0.497 e. The fraction of sp³-hybridized carbons (Fsp3) is 0.250. The molecule has 0 bridgehead atoms. The molecule has 0 aliphatic carbocycles. The van der Waals surface area contributed by atoms with Crippen molar-refractivity contribution in [3.63, 3.8) is 0 Å². The number of anilines is 1. The Kier molecular flexibility index (Phi) is 5.95. The van der Waals surface area contributed by atoms with Crippen LogP contribution in [0.25, 0.3) is 0 Å². The number of nitrogens with zero attached hydrogens (tertiary/aromatic N) is 1. The number of ether oxygens (including phenoxy) is 4. The zero-order chi connectivity index (χ0) is 20.2. The molecule has 10 nitrogen and oxygen atoms in total. The first kappa shape index (κ1) is 20.1. The van der Waals surface area contributed by atoms with Crippen LogP contribution in [0.15, 0.2) is 35.2 Å².